The fraction of sp³-hybridized carbons (Fsp3) is 0.611. The van der Waals surface area contributed by atoms with Crippen LogP contribution in [-0.2, 0) is 22.5 Å². The molecule has 0 unspecified atom stereocenters. The zero-order valence-electron chi connectivity index (χ0n) is 14.7. The van der Waals surface area contributed by atoms with Crippen LogP contribution in [0.2, 0.25) is 0 Å². The number of likely N-dealkylation sites (tertiary alicyclic amines) is 1. The number of aryl methyl sites for hydroxylation is 1. The van der Waals surface area contributed by atoms with Gasteiger partial charge in [-0.3, -0.25) is 4.79 Å². The number of piperidine rings is 1. The molecule has 6 nitrogen and oxygen atoms in total. The Hall–Kier alpha value is -2.11. The third-order valence-corrected chi connectivity index (χ3v) is 4.31. The average Bonchev–Trinajstić information content (AvgIpc) is 2.91. The number of imidazole rings is 1. The first-order valence-corrected chi connectivity index (χ1v) is 8.64. The van der Waals surface area contributed by atoms with Gasteiger partial charge in [-0.1, -0.05) is 0 Å². The fourth-order valence-electron chi connectivity index (χ4n) is 3.18. The molecule has 2 amide bonds. The van der Waals surface area contributed by atoms with Crippen molar-refractivity contribution in [1.29, 1.82) is 0 Å². The second-order valence-electron chi connectivity index (χ2n) is 7.44. The molecule has 1 aromatic heterocycles. The van der Waals surface area contributed by atoms with Crippen molar-refractivity contribution in [1.82, 2.24) is 14.5 Å². The van der Waals surface area contributed by atoms with Crippen LogP contribution < -0.4 is 0 Å². The Kier molecular flexibility index (Phi) is 4.47. The maximum absolute atomic E-state index is 12.7. The largest absolute Gasteiger partial charge is 0.443 e. The third kappa shape index (κ3) is 3.52. The first-order valence-electron chi connectivity index (χ1n) is 8.64. The van der Waals surface area contributed by atoms with Gasteiger partial charge in [0.25, 0.3) is 5.91 Å². The van der Waals surface area contributed by atoms with E-state index in [0.29, 0.717) is 18.5 Å². The highest BCUT2D eigenvalue weighted by molar-refractivity contribution is 6.05. The molecule has 6 heteroatoms. The molecule has 0 aliphatic carbocycles. The lowest BCUT2D eigenvalue weighted by Gasteiger charge is -2.29. The molecule has 0 aromatic carbocycles. The van der Waals surface area contributed by atoms with E-state index in [9.17, 15) is 9.59 Å². The fourth-order valence-corrected chi connectivity index (χ4v) is 3.18. The van der Waals surface area contributed by atoms with Gasteiger partial charge in [0, 0.05) is 24.4 Å². The minimum absolute atomic E-state index is 0.256. The zero-order chi connectivity index (χ0) is 17.3. The summed E-state index contributed by atoms with van der Waals surface area (Å²) in [6.45, 7) is 6.80. The van der Waals surface area contributed by atoms with Crippen LogP contribution in [-0.4, -0.2) is 38.6 Å². The predicted molar refractivity (Wildman–Crippen MR) is 90.3 cm³/mol. The number of ether oxygens (including phenoxy) is 1. The lowest BCUT2D eigenvalue weighted by atomic mass is 10.0. The van der Waals surface area contributed by atoms with Crippen molar-refractivity contribution in [3.05, 3.63) is 23.3 Å². The second kappa shape index (κ2) is 6.42. The molecule has 24 heavy (non-hydrogen) atoms. The van der Waals surface area contributed by atoms with Crippen LogP contribution in [0.1, 0.15) is 57.8 Å². The summed E-state index contributed by atoms with van der Waals surface area (Å²) in [6, 6.07) is 0. The van der Waals surface area contributed by atoms with Crippen LogP contribution in [0.25, 0.3) is 6.08 Å². The number of carbonyl (C=O) groups excluding carboxylic acids is 2. The van der Waals surface area contributed by atoms with E-state index in [4.69, 9.17) is 4.74 Å². The average molecular weight is 331 g/mol. The molecule has 0 atom stereocenters. The van der Waals surface area contributed by atoms with E-state index in [1.165, 1.54) is 17.0 Å². The van der Waals surface area contributed by atoms with E-state index in [1.54, 1.807) is 20.8 Å². The van der Waals surface area contributed by atoms with E-state index in [2.05, 4.69) is 9.55 Å². The molecule has 1 fully saturated rings. The van der Waals surface area contributed by atoms with Gasteiger partial charge in [-0.2, -0.15) is 0 Å². The Bertz CT molecular complexity index is 682. The molecule has 1 saturated heterocycles. The molecule has 0 saturated carbocycles. The number of carbonyl (C=O) groups is 2. The summed E-state index contributed by atoms with van der Waals surface area (Å²) in [5, 5.41) is 0. The van der Waals surface area contributed by atoms with Crippen LogP contribution in [0.15, 0.2) is 11.9 Å². The molecule has 130 valence electrons. The van der Waals surface area contributed by atoms with Gasteiger partial charge in [0.1, 0.15) is 5.60 Å². The molecule has 3 rings (SSSR count). The highest BCUT2D eigenvalue weighted by atomic mass is 16.6. The van der Waals surface area contributed by atoms with E-state index in [-0.39, 0.29) is 5.91 Å². The molecule has 1 aromatic rings. The van der Waals surface area contributed by atoms with Gasteiger partial charge in [0.15, 0.2) is 0 Å². The van der Waals surface area contributed by atoms with Crippen molar-refractivity contribution in [2.24, 2.45) is 0 Å². The van der Waals surface area contributed by atoms with Crippen LogP contribution in [0.4, 0.5) is 4.79 Å². The van der Waals surface area contributed by atoms with Gasteiger partial charge >= 0.3 is 6.09 Å². The van der Waals surface area contributed by atoms with E-state index in [1.807, 2.05) is 12.4 Å². The number of amides is 2. The Morgan fingerprint density at radius 2 is 2.00 bits per heavy atom. The molecular formula is C18H25N3O3. The lowest BCUT2D eigenvalue weighted by molar-refractivity contribution is -0.127. The Morgan fingerprint density at radius 1 is 1.21 bits per heavy atom. The summed E-state index contributed by atoms with van der Waals surface area (Å²) >= 11 is 0. The van der Waals surface area contributed by atoms with Crippen molar-refractivity contribution in [3.8, 4) is 0 Å². The molecule has 3 heterocycles. The van der Waals surface area contributed by atoms with Crippen molar-refractivity contribution in [3.63, 3.8) is 0 Å². The minimum Gasteiger partial charge on any atom is -0.443 e. The zero-order valence-corrected chi connectivity index (χ0v) is 14.7. The van der Waals surface area contributed by atoms with E-state index >= 15 is 0 Å². The van der Waals surface area contributed by atoms with Gasteiger partial charge in [-0.05, 0) is 59.0 Å². The van der Waals surface area contributed by atoms with Crippen LogP contribution in [0, 0.1) is 0 Å². The van der Waals surface area contributed by atoms with Crippen molar-refractivity contribution < 1.29 is 14.3 Å². The Morgan fingerprint density at radius 3 is 2.75 bits per heavy atom. The molecule has 0 radical (unpaired) electrons. The van der Waals surface area contributed by atoms with Crippen molar-refractivity contribution >= 4 is 18.1 Å². The van der Waals surface area contributed by atoms with Crippen molar-refractivity contribution in [2.45, 2.75) is 65.0 Å². The number of rotatable bonds is 1. The Balaban J connectivity index is 1.80. The first-order chi connectivity index (χ1) is 11.3. The predicted octanol–water partition coefficient (Wildman–Crippen LogP) is 3.16. The normalized spacial score (nSPS) is 20.2. The lowest BCUT2D eigenvalue weighted by Crippen LogP contribution is -2.44. The molecule has 2 aliphatic rings. The number of aromatic nitrogens is 2. The third-order valence-electron chi connectivity index (χ3n) is 4.31. The Labute approximate surface area is 142 Å². The van der Waals surface area contributed by atoms with Crippen molar-refractivity contribution in [2.75, 3.05) is 6.54 Å². The quantitative estimate of drug-likeness (QED) is 0.742. The second-order valence-corrected chi connectivity index (χ2v) is 7.44. The van der Waals surface area contributed by atoms with E-state index < -0.39 is 11.7 Å². The number of nitrogens with zero attached hydrogens (tertiary/aromatic N) is 3. The monoisotopic (exact) mass is 331 g/mol. The number of hydrogen-bond acceptors (Lipinski definition) is 4. The van der Waals surface area contributed by atoms with Crippen LogP contribution >= 0.6 is 0 Å². The maximum Gasteiger partial charge on any atom is 0.417 e. The minimum atomic E-state index is -0.609. The molecule has 2 aliphatic heterocycles. The number of fused-ring (bicyclic) bond motifs is 1. The highest BCUT2D eigenvalue weighted by Gasteiger charge is 2.32. The summed E-state index contributed by atoms with van der Waals surface area (Å²) in [4.78, 5) is 30.6. The summed E-state index contributed by atoms with van der Waals surface area (Å²) in [6.07, 6.45) is 7.88. The van der Waals surface area contributed by atoms with Gasteiger partial charge in [-0.25, -0.2) is 14.7 Å². The summed E-state index contributed by atoms with van der Waals surface area (Å²) in [5.41, 5.74) is 2.08. The molecular weight excluding hydrogens is 306 g/mol. The van der Waals surface area contributed by atoms with E-state index in [0.717, 1.165) is 31.5 Å². The van der Waals surface area contributed by atoms with Crippen LogP contribution in [0.5, 0.6) is 0 Å². The number of hydrogen-bond donors (Lipinski definition) is 0. The summed E-state index contributed by atoms with van der Waals surface area (Å²) in [5.74, 6) is -0.256. The van der Waals surface area contributed by atoms with Gasteiger partial charge in [0.05, 0.1) is 12.0 Å². The SMILES string of the molecule is CC(C)(C)OC(=O)N1CCC/C(=C\c2ncn3c2CCCC3)C1=O. The first kappa shape index (κ1) is 16.7. The maximum atomic E-state index is 12.7. The standard InChI is InChI=1S/C18H25N3O3/c1-18(2,3)24-17(23)21-10-6-7-13(16(21)22)11-14-15-8-4-5-9-20(15)12-19-14/h11-12H,4-10H2,1-3H3/b13-11+. The molecule has 0 bridgehead atoms. The van der Waals surface area contributed by atoms with Gasteiger partial charge in [-0.15, -0.1) is 0 Å². The highest BCUT2D eigenvalue weighted by Crippen LogP contribution is 2.25. The smallest absolute Gasteiger partial charge is 0.417 e. The molecule has 0 spiro atoms. The topological polar surface area (TPSA) is 64.4 Å². The summed E-state index contributed by atoms with van der Waals surface area (Å²) < 4.78 is 7.50. The van der Waals surface area contributed by atoms with Gasteiger partial charge < -0.3 is 9.30 Å². The van der Waals surface area contributed by atoms with Gasteiger partial charge in [0.2, 0.25) is 0 Å². The van der Waals surface area contributed by atoms with Crippen LogP contribution in [0.3, 0.4) is 0 Å². The number of imide groups is 1. The summed E-state index contributed by atoms with van der Waals surface area (Å²) in [7, 11) is 0. The molecule has 0 N–H and O–H groups in total.